The summed E-state index contributed by atoms with van der Waals surface area (Å²) >= 11 is 1.64. The number of nitrogens with one attached hydrogen (secondary N) is 1. The highest BCUT2D eigenvalue weighted by atomic mass is 32.1. The van der Waals surface area contributed by atoms with E-state index in [2.05, 4.69) is 29.3 Å². The molecule has 0 aromatic carbocycles. The van der Waals surface area contributed by atoms with Gasteiger partial charge in [-0.15, -0.1) is 11.3 Å². The van der Waals surface area contributed by atoms with E-state index in [-0.39, 0.29) is 12.1 Å². The van der Waals surface area contributed by atoms with Crippen molar-refractivity contribution in [1.82, 2.24) is 20.1 Å². The zero-order valence-corrected chi connectivity index (χ0v) is 13.6. The number of nitrogens with zero attached hydrogens (tertiary/aromatic N) is 3. The Bertz CT molecular complexity index is 472. The van der Waals surface area contributed by atoms with Crippen molar-refractivity contribution in [3.8, 4) is 0 Å². The van der Waals surface area contributed by atoms with Gasteiger partial charge in [0.15, 0.2) is 0 Å². The minimum Gasteiger partial charge on any atom is -0.328 e. The first-order valence-electron chi connectivity index (χ1n) is 7.76. The molecule has 2 heterocycles. The molecule has 21 heavy (non-hydrogen) atoms. The number of piperidine rings is 1. The number of likely N-dealkylation sites (N-methyl/N-ethyl adjacent to an activating group) is 1. The van der Waals surface area contributed by atoms with Crippen LogP contribution < -0.4 is 5.32 Å². The first kappa shape index (κ1) is 14.8. The lowest BCUT2D eigenvalue weighted by Crippen LogP contribution is -2.51. The van der Waals surface area contributed by atoms with E-state index in [0.29, 0.717) is 12.0 Å². The van der Waals surface area contributed by atoms with Gasteiger partial charge in [0.25, 0.3) is 0 Å². The molecule has 1 saturated carbocycles. The smallest absolute Gasteiger partial charge is 0.318 e. The third kappa shape index (κ3) is 3.55. The van der Waals surface area contributed by atoms with E-state index in [0.717, 1.165) is 24.5 Å². The van der Waals surface area contributed by atoms with Crippen LogP contribution in [0.1, 0.15) is 36.7 Å². The molecule has 2 atom stereocenters. The molecule has 2 amide bonds. The Kier molecular flexibility index (Phi) is 4.45. The molecular formula is C15H24N4OS. The summed E-state index contributed by atoms with van der Waals surface area (Å²) in [6, 6.07) is 0.662. The number of urea groups is 1. The molecule has 0 spiro atoms. The molecule has 0 bridgehead atoms. The maximum Gasteiger partial charge on any atom is 0.318 e. The molecule has 2 fully saturated rings. The molecule has 0 radical (unpaired) electrons. The van der Waals surface area contributed by atoms with Gasteiger partial charge in [-0.05, 0) is 45.7 Å². The lowest BCUT2D eigenvalue weighted by atomic mass is 10.1. The van der Waals surface area contributed by atoms with Gasteiger partial charge < -0.3 is 15.1 Å². The number of likely N-dealkylation sites (tertiary alicyclic amines) is 1. The second-order valence-electron chi connectivity index (χ2n) is 6.34. The molecule has 116 valence electrons. The van der Waals surface area contributed by atoms with Gasteiger partial charge in [-0.3, -0.25) is 0 Å². The lowest BCUT2D eigenvalue weighted by Gasteiger charge is -2.36. The van der Waals surface area contributed by atoms with Crippen LogP contribution in [0.5, 0.6) is 0 Å². The van der Waals surface area contributed by atoms with Crippen LogP contribution >= 0.6 is 11.3 Å². The second-order valence-corrected chi connectivity index (χ2v) is 7.27. The molecule has 1 aliphatic heterocycles. The molecule has 1 aliphatic carbocycles. The Morgan fingerprint density at radius 1 is 1.48 bits per heavy atom. The Labute approximate surface area is 130 Å². The van der Waals surface area contributed by atoms with E-state index >= 15 is 0 Å². The van der Waals surface area contributed by atoms with Gasteiger partial charge >= 0.3 is 6.03 Å². The van der Waals surface area contributed by atoms with E-state index in [1.54, 1.807) is 11.3 Å². The van der Waals surface area contributed by atoms with Crippen molar-refractivity contribution >= 4 is 17.4 Å². The van der Waals surface area contributed by atoms with Crippen LogP contribution in [0.15, 0.2) is 11.6 Å². The number of hydrogen-bond donors (Lipinski definition) is 1. The number of amides is 2. The molecule has 6 heteroatoms. The molecule has 0 unspecified atom stereocenters. The average Bonchev–Trinajstić information content (AvgIpc) is 3.18. The van der Waals surface area contributed by atoms with Crippen molar-refractivity contribution < 1.29 is 4.79 Å². The third-order valence-electron chi connectivity index (χ3n) is 4.50. The summed E-state index contributed by atoms with van der Waals surface area (Å²) in [5.41, 5.74) is 0. The van der Waals surface area contributed by atoms with Gasteiger partial charge in [0.2, 0.25) is 0 Å². The predicted octanol–water partition coefficient (Wildman–Crippen LogP) is 2.33. The first-order valence-corrected chi connectivity index (χ1v) is 8.64. The summed E-state index contributed by atoms with van der Waals surface area (Å²) in [5.74, 6) is 0.578. The Hall–Kier alpha value is -1.14. The van der Waals surface area contributed by atoms with Crippen LogP contribution in [0.4, 0.5) is 4.79 Å². The normalized spacial score (nSPS) is 24.1. The standard InChI is InChI=1S/C15H24N4OS/c1-18(2)12-4-3-8-19(10-12)15(20)17-13(11-5-6-11)14-16-7-9-21-14/h7,9,11-13H,3-6,8,10H2,1-2H3,(H,17,20)/t12-,13+/m0/s1. The monoisotopic (exact) mass is 308 g/mol. The average molecular weight is 308 g/mol. The number of carbonyl (C=O) groups is 1. The topological polar surface area (TPSA) is 48.5 Å². The van der Waals surface area contributed by atoms with Crippen LogP contribution in [0.2, 0.25) is 0 Å². The van der Waals surface area contributed by atoms with E-state index in [4.69, 9.17) is 0 Å². The summed E-state index contributed by atoms with van der Waals surface area (Å²) in [6.07, 6.45) is 6.48. The largest absolute Gasteiger partial charge is 0.328 e. The molecule has 1 saturated heterocycles. The Balaban J connectivity index is 1.62. The molecule has 1 N–H and O–H groups in total. The van der Waals surface area contributed by atoms with Crippen molar-refractivity contribution in [1.29, 1.82) is 0 Å². The SMILES string of the molecule is CN(C)[C@H]1CCCN(C(=O)N[C@@H](c2nccs2)C2CC2)C1. The minimum absolute atomic E-state index is 0.0775. The fraction of sp³-hybridized carbons (Fsp3) is 0.733. The van der Waals surface area contributed by atoms with Gasteiger partial charge in [-0.25, -0.2) is 9.78 Å². The summed E-state index contributed by atoms with van der Waals surface area (Å²) in [4.78, 5) is 21.2. The number of carbonyl (C=O) groups excluding carboxylic acids is 1. The quantitative estimate of drug-likeness (QED) is 0.929. The van der Waals surface area contributed by atoms with Crippen LogP contribution in [0.25, 0.3) is 0 Å². The molecule has 5 nitrogen and oxygen atoms in total. The van der Waals surface area contributed by atoms with Crippen molar-refractivity contribution in [2.45, 2.75) is 37.8 Å². The van der Waals surface area contributed by atoms with Crippen molar-refractivity contribution in [2.24, 2.45) is 5.92 Å². The summed E-state index contributed by atoms with van der Waals surface area (Å²) in [6.45, 7) is 1.69. The van der Waals surface area contributed by atoms with Crippen LogP contribution in [-0.2, 0) is 0 Å². The van der Waals surface area contributed by atoms with Gasteiger partial charge in [-0.2, -0.15) is 0 Å². The Morgan fingerprint density at radius 2 is 2.29 bits per heavy atom. The number of rotatable bonds is 4. The maximum atomic E-state index is 12.6. The zero-order valence-electron chi connectivity index (χ0n) is 12.8. The number of hydrogen-bond acceptors (Lipinski definition) is 4. The third-order valence-corrected chi connectivity index (χ3v) is 5.36. The van der Waals surface area contributed by atoms with Crippen molar-refractivity contribution in [3.05, 3.63) is 16.6 Å². The number of aromatic nitrogens is 1. The second kappa shape index (κ2) is 6.32. The molecule has 1 aromatic heterocycles. The van der Waals surface area contributed by atoms with Gasteiger partial charge in [0.1, 0.15) is 5.01 Å². The highest BCUT2D eigenvalue weighted by Crippen LogP contribution is 2.41. The minimum atomic E-state index is 0.0775. The first-order chi connectivity index (χ1) is 10.1. The fourth-order valence-corrected chi connectivity index (χ4v) is 3.76. The van der Waals surface area contributed by atoms with Gasteiger partial charge in [-0.1, -0.05) is 0 Å². The van der Waals surface area contributed by atoms with Crippen LogP contribution in [-0.4, -0.2) is 54.0 Å². The van der Waals surface area contributed by atoms with E-state index < -0.39 is 0 Å². The maximum absolute atomic E-state index is 12.6. The molecular weight excluding hydrogens is 284 g/mol. The molecule has 2 aliphatic rings. The summed E-state index contributed by atoms with van der Waals surface area (Å²) in [7, 11) is 4.18. The van der Waals surface area contributed by atoms with Crippen LogP contribution in [0, 0.1) is 5.92 Å². The predicted molar refractivity (Wildman–Crippen MR) is 84.4 cm³/mol. The van der Waals surface area contributed by atoms with Crippen LogP contribution in [0.3, 0.4) is 0 Å². The summed E-state index contributed by atoms with van der Waals surface area (Å²) < 4.78 is 0. The fourth-order valence-electron chi connectivity index (χ4n) is 2.98. The summed E-state index contributed by atoms with van der Waals surface area (Å²) in [5, 5.41) is 6.26. The van der Waals surface area contributed by atoms with E-state index in [1.807, 2.05) is 16.5 Å². The molecule has 3 rings (SSSR count). The zero-order chi connectivity index (χ0) is 14.8. The van der Waals surface area contributed by atoms with Gasteiger partial charge in [0, 0.05) is 30.7 Å². The Morgan fingerprint density at radius 3 is 2.90 bits per heavy atom. The van der Waals surface area contributed by atoms with Gasteiger partial charge in [0.05, 0.1) is 6.04 Å². The highest BCUT2D eigenvalue weighted by molar-refractivity contribution is 7.09. The van der Waals surface area contributed by atoms with E-state index in [1.165, 1.54) is 19.3 Å². The van der Waals surface area contributed by atoms with E-state index in [9.17, 15) is 4.79 Å². The highest BCUT2D eigenvalue weighted by Gasteiger charge is 2.36. The van der Waals surface area contributed by atoms with Crippen molar-refractivity contribution in [2.75, 3.05) is 27.2 Å². The van der Waals surface area contributed by atoms with Crippen molar-refractivity contribution in [3.63, 3.8) is 0 Å². The lowest BCUT2D eigenvalue weighted by molar-refractivity contribution is 0.137. The number of thiazole rings is 1. The molecule has 1 aromatic rings.